The Hall–Kier alpha value is -1.63. The number of likely N-dealkylation sites (tertiary alicyclic amines) is 1. The number of hydrogen-bond donors (Lipinski definition) is 2. The van der Waals surface area contributed by atoms with Gasteiger partial charge >= 0.3 is 0 Å². The minimum Gasteiger partial charge on any atom is -0.361 e. The molecule has 2 aromatic rings. The molecule has 5 nitrogen and oxygen atoms in total. The lowest BCUT2D eigenvalue weighted by atomic mass is 9.89. The molecule has 2 N–H and O–H groups in total. The van der Waals surface area contributed by atoms with Gasteiger partial charge in [-0.1, -0.05) is 6.07 Å². The van der Waals surface area contributed by atoms with E-state index in [1.165, 1.54) is 23.4 Å². The number of piperidine rings is 1. The van der Waals surface area contributed by atoms with Crippen LogP contribution in [-0.2, 0) is 10.0 Å². The number of rotatable bonds is 4. The molecule has 0 amide bonds. The summed E-state index contributed by atoms with van der Waals surface area (Å²) < 4.78 is 25.3. The first-order valence-corrected chi connectivity index (χ1v) is 9.44. The van der Waals surface area contributed by atoms with E-state index in [1.54, 1.807) is 6.08 Å². The number of H-pyrrole nitrogens is 1. The Morgan fingerprint density at radius 3 is 2.74 bits per heavy atom. The van der Waals surface area contributed by atoms with E-state index in [1.807, 2.05) is 12.1 Å². The molecule has 1 saturated heterocycles. The summed E-state index contributed by atoms with van der Waals surface area (Å²) in [4.78, 5) is 5.70. The lowest BCUT2D eigenvalue weighted by molar-refractivity contribution is 0.256. The molecule has 1 aliphatic heterocycles. The number of hydrogen-bond acceptors (Lipinski definition) is 3. The van der Waals surface area contributed by atoms with E-state index in [2.05, 4.69) is 33.9 Å². The van der Waals surface area contributed by atoms with Crippen molar-refractivity contribution in [3.63, 3.8) is 0 Å². The van der Waals surface area contributed by atoms with Crippen LogP contribution in [0.2, 0.25) is 0 Å². The molecule has 23 heavy (non-hydrogen) atoms. The zero-order valence-corrected chi connectivity index (χ0v) is 14.4. The van der Waals surface area contributed by atoms with E-state index >= 15 is 0 Å². The predicted octanol–water partition coefficient (Wildman–Crippen LogP) is 2.50. The van der Waals surface area contributed by atoms with Gasteiger partial charge in [-0.15, -0.1) is 0 Å². The molecule has 6 heteroatoms. The molecular weight excluding hydrogens is 310 g/mol. The fourth-order valence-corrected chi connectivity index (χ4v) is 3.63. The Morgan fingerprint density at radius 1 is 1.30 bits per heavy atom. The summed E-state index contributed by atoms with van der Waals surface area (Å²) in [5.41, 5.74) is 3.34. The molecule has 0 bridgehead atoms. The molecule has 0 aliphatic carbocycles. The van der Waals surface area contributed by atoms with E-state index in [4.69, 9.17) is 0 Å². The average Bonchev–Trinajstić information content (AvgIpc) is 2.97. The molecule has 3 rings (SSSR count). The van der Waals surface area contributed by atoms with Crippen LogP contribution in [0.15, 0.2) is 29.8 Å². The molecule has 0 radical (unpaired) electrons. The van der Waals surface area contributed by atoms with Crippen LogP contribution >= 0.6 is 0 Å². The number of aromatic nitrogens is 1. The van der Waals surface area contributed by atoms with E-state index in [9.17, 15) is 8.42 Å². The summed E-state index contributed by atoms with van der Waals surface area (Å²) in [6, 6.07) is 6.01. The van der Waals surface area contributed by atoms with E-state index in [-0.39, 0.29) is 0 Å². The fourth-order valence-electron chi connectivity index (χ4n) is 3.16. The minimum absolute atomic E-state index is 0.570. The number of fused-ring (bicyclic) bond motifs is 1. The van der Waals surface area contributed by atoms with Crippen molar-refractivity contribution in [3.05, 3.63) is 40.9 Å². The lowest BCUT2D eigenvalue weighted by Crippen LogP contribution is -2.29. The highest BCUT2D eigenvalue weighted by atomic mass is 32.2. The van der Waals surface area contributed by atoms with Crippen LogP contribution < -0.4 is 4.72 Å². The molecule has 0 saturated carbocycles. The summed E-state index contributed by atoms with van der Waals surface area (Å²) in [7, 11) is 0.235. The van der Waals surface area contributed by atoms with Crippen molar-refractivity contribution >= 4 is 27.0 Å². The van der Waals surface area contributed by atoms with Crippen LogP contribution in [0, 0.1) is 0 Å². The number of sulfonamides is 1. The molecule has 124 valence electrons. The summed E-state index contributed by atoms with van der Waals surface area (Å²) in [6.45, 7) is 2.24. The second-order valence-corrected chi connectivity index (χ2v) is 7.95. The highest BCUT2D eigenvalue weighted by Gasteiger charge is 2.20. The Kier molecular flexibility index (Phi) is 4.57. The van der Waals surface area contributed by atoms with Crippen LogP contribution in [0.1, 0.15) is 29.9 Å². The quantitative estimate of drug-likeness (QED) is 0.903. The SMILES string of the molecule is CNS(=O)(=O)/C=C/c1ccc2[nH]cc(C3CCN(C)CC3)c2c1. The van der Waals surface area contributed by atoms with Crippen LogP contribution in [0.3, 0.4) is 0 Å². The van der Waals surface area contributed by atoms with Gasteiger partial charge in [0.2, 0.25) is 10.0 Å². The first-order valence-electron chi connectivity index (χ1n) is 7.90. The number of benzene rings is 1. The van der Waals surface area contributed by atoms with Crippen LogP contribution in [-0.4, -0.2) is 45.5 Å². The Bertz CT molecular complexity index is 815. The second-order valence-electron chi connectivity index (χ2n) is 6.18. The zero-order valence-electron chi connectivity index (χ0n) is 13.5. The molecule has 1 aromatic heterocycles. The third-order valence-corrected chi connectivity index (χ3v) is 5.68. The van der Waals surface area contributed by atoms with E-state index < -0.39 is 10.0 Å². The van der Waals surface area contributed by atoms with Crippen molar-refractivity contribution < 1.29 is 8.42 Å². The minimum atomic E-state index is -3.34. The van der Waals surface area contributed by atoms with Crippen molar-refractivity contribution in [1.29, 1.82) is 0 Å². The number of nitrogens with one attached hydrogen (secondary N) is 2. The maximum absolute atomic E-state index is 11.5. The van der Waals surface area contributed by atoms with Gasteiger partial charge in [-0.25, -0.2) is 13.1 Å². The Balaban J connectivity index is 1.91. The van der Waals surface area contributed by atoms with Gasteiger partial charge in [0.1, 0.15) is 0 Å². The van der Waals surface area contributed by atoms with Crippen molar-refractivity contribution in [2.24, 2.45) is 0 Å². The van der Waals surface area contributed by atoms with Crippen LogP contribution in [0.25, 0.3) is 17.0 Å². The summed E-state index contributed by atoms with van der Waals surface area (Å²) in [5, 5.41) is 2.40. The van der Waals surface area contributed by atoms with Crippen LogP contribution in [0.5, 0.6) is 0 Å². The number of nitrogens with zero attached hydrogens (tertiary/aromatic N) is 1. The first-order chi connectivity index (χ1) is 11.0. The Morgan fingerprint density at radius 2 is 2.04 bits per heavy atom. The molecule has 0 atom stereocenters. The molecule has 0 unspecified atom stereocenters. The molecule has 0 spiro atoms. The maximum Gasteiger partial charge on any atom is 0.233 e. The molecule has 1 aliphatic rings. The molecule has 1 fully saturated rings. The highest BCUT2D eigenvalue weighted by Crippen LogP contribution is 2.33. The fraction of sp³-hybridized carbons (Fsp3) is 0.412. The van der Waals surface area contributed by atoms with Gasteiger partial charge in [0.25, 0.3) is 0 Å². The first kappa shape index (κ1) is 16.2. The summed E-state index contributed by atoms with van der Waals surface area (Å²) >= 11 is 0. The molecule has 1 aromatic carbocycles. The third-order valence-electron chi connectivity index (χ3n) is 4.62. The summed E-state index contributed by atoms with van der Waals surface area (Å²) in [6.07, 6.45) is 6.07. The van der Waals surface area contributed by atoms with Crippen LogP contribution in [0.4, 0.5) is 0 Å². The largest absolute Gasteiger partial charge is 0.361 e. The van der Waals surface area contributed by atoms with Crippen molar-refractivity contribution in [2.45, 2.75) is 18.8 Å². The van der Waals surface area contributed by atoms with Crippen molar-refractivity contribution in [2.75, 3.05) is 27.2 Å². The average molecular weight is 333 g/mol. The molecular formula is C17H23N3O2S. The Labute approximate surface area is 137 Å². The van der Waals surface area contributed by atoms with E-state index in [0.29, 0.717) is 5.92 Å². The summed E-state index contributed by atoms with van der Waals surface area (Å²) in [5.74, 6) is 0.570. The normalized spacial score (nSPS) is 18.2. The highest BCUT2D eigenvalue weighted by molar-refractivity contribution is 7.92. The predicted molar refractivity (Wildman–Crippen MR) is 94.8 cm³/mol. The van der Waals surface area contributed by atoms with Gasteiger partial charge in [-0.05, 0) is 75.3 Å². The van der Waals surface area contributed by atoms with Gasteiger partial charge in [-0.2, -0.15) is 0 Å². The van der Waals surface area contributed by atoms with Gasteiger partial charge in [-0.3, -0.25) is 0 Å². The van der Waals surface area contributed by atoms with Gasteiger partial charge in [0.05, 0.1) is 0 Å². The molecule has 2 heterocycles. The monoisotopic (exact) mass is 333 g/mol. The van der Waals surface area contributed by atoms with E-state index in [0.717, 1.165) is 37.0 Å². The number of aromatic amines is 1. The van der Waals surface area contributed by atoms with Crippen molar-refractivity contribution in [1.82, 2.24) is 14.6 Å². The third kappa shape index (κ3) is 3.65. The van der Waals surface area contributed by atoms with Gasteiger partial charge < -0.3 is 9.88 Å². The van der Waals surface area contributed by atoms with Crippen molar-refractivity contribution in [3.8, 4) is 0 Å². The topological polar surface area (TPSA) is 65.2 Å². The lowest BCUT2D eigenvalue weighted by Gasteiger charge is -2.28. The standard InChI is InChI=1S/C17H23N3O2S/c1-18-23(21,22)10-7-13-3-4-17-15(11-13)16(12-19-17)14-5-8-20(2)9-6-14/h3-4,7,10-12,14,18-19H,5-6,8-9H2,1-2H3/b10-7+. The smallest absolute Gasteiger partial charge is 0.233 e. The van der Waals surface area contributed by atoms with Gasteiger partial charge in [0.15, 0.2) is 0 Å². The maximum atomic E-state index is 11.5. The zero-order chi connectivity index (χ0) is 16.4. The second kappa shape index (κ2) is 6.47. The van der Waals surface area contributed by atoms with Gasteiger partial charge in [0, 0.05) is 22.5 Å².